The molecule has 8 heteroatoms. The average Bonchev–Trinajstić information content (AvgIpc) is 2.40. The van der Waals surface area contributed by atoms with Crippen LogP contribution in [0, 0.1) is 0 Å². The smallest absolute Gasteiger partial charge is 0.304 e. The SMILES string of the molecule is CCOc1ccc(NS(=O)(=O)CCC(=O)O)cc1OCC. The standard InChI is InChI=1S/C13H19NO6S/c1-3-19-11-6-5-10(9-12(11)20-4-2)14-21(17,18)8-7-13(15)16/h5-6,9,14H,3-4,7-8H2,1-2H3,(H,15,16). The number of hydrogen-bond donors (Lipinski definition) is 2. The highest BCUT2D eigenvalue weighted by atomic mass is 32.2. The Morgan fingerprint density at radius 2 is 1.81 bits per heavy atom. The number of benzene rings is 1. The Labute approximate surface area is 123 Å². The number of hydrogen-bond acceptors (Lipinski definition) is 5. The molecule has 0 aromatic heterocycles. The van der Waals surface area contributed by atoms with Crippen molar-refractivity contribution in [2.75, 3.05) is 23.7 Å². The zero-order chi connectivity index (χ0) is 15.9. The van der Waals surface area contributed by atoms with Crippen LogP contribution < -0.4 is 14.2 Å². The fraction of sp³-hybridized carbons (Fsp3) is 0.462. The normalized spacial score (nSPS) is 11.0. The van der Waals surface area contributed by atoms with Gasteiger partial charge < -0.3 is 14.6 Å². The molecule has 1 rings (SSSR count). The molecule has 0 radical (unpaired) electrons. The molecule has 0 atom stereocenters. The Morgan fingerprint density at radius 1 is 1.19 bits per heavy atom. The van der Waals surface area contributed by atoms with Gasteiger partial charge in [0.25, 0.3) is 0 Å². The van der Waals surface area contributed by atoms with Crippen LogP contribution in [0.5, 0.6) is 11.5 Å². The van der Waals surface area contributed by atoms with E-state index in [1.165, 1.54) is 12.1 Å². The van der Waals surface area contributed by atoms with Crippen LogP contribution in [0.25, 0.3) is 0 Å². The van der Waals surface area contributed by atoms with Gasteiger partial charge in [-0.25, -0.2) is 8.42 Å². The minimum absolute atomic E-state index is 0.298. The van der Waals surface area contributed by atoms with Crippen LogP contribution in [0.4, 0.5) is 5.69 Å². The van der Waals surface area contributed by atoms with Gasteiger partial charge in [-0.3, -0.25) is 9.52 Å². The molecule has 118 valence electrons. The number of nitrogens with one attached hydrogen (secondary N) is 1. The molecule has 2 N–H and O–H groups in total. The van der Waals surface area contributed by atoms with Gasteiger partial charge in [-0.1, -0.05) is 0 Å². The lowest BCUT2D eigenvalue weighted by molar-refractivity contribution is -0.136. The van der Waals surface area contributed by atoms with Gasteiger partial charge in [-0.15, -0.1) is 0 Å². The molecule has 0 amide bonds. The molecular weight excluding hydrogens is 298 g/mol. The summed E-state index contributed by atoms with van der Waals surface area (Å²) < 4.78 is 36.6. The molecule has 0 spiro atoms. The molecule has 1 aromatic rings. The first-order valence-electron chi connectivity index (χ1n) is 6.50. The second kappa shape index (κ2) is 7.72. The number of aliphatic carboxylic acids is 1. The highest BCUT2D eigenvalue weighted by molar-refractivity contribution is 7.92. The summed E-state index contributed by atoms with van der Waals surface area (Å²) in [6, 6.07) is 4.64. The summed E-state index contributed by atoms with van der Waals surface area (Å²) in [5.74, 6) is -0.702. The van der Waals surface area contributed by atoms with Crippen molar-refractivity contribution in [2.24, 2.45) is 0 Å². The first-order valence-corrected chi connectivity index (χ1v) is 8.15. The van der Waals surface area contributed by atoms with Crippen molar-refractivity contribution in [3.8, 4) is 11.5 Å². The van der Waals surface area contributed by atoms with Gasteiger partial charge in [0.1, 0.15) is 0 Å². The molecule has 0 aliphatic rings. The van der Waals surface area contributed by atoms with Gasteiger partial charge in [0.15, 0.2) is 11.5 Å². The first kappa shape index (κ1) is 17.1. The Bertz CT molecular complexity index is 584. The number of carboxylic acid groups (broad SMARTS) is 1. The van der Waals surface area contributed by atoms with Crippen LogP contribution in [0.15, 0.2) is 18.2 Å². The van der Waals surface area contributed by atoms with Crippen molar-refractivity contribution in [2.45, 2.75) is 20.3 Å². The molecule has 21 heavy (non-hydrogen) atoms. The van der Waals surface area contributed by atoms with Crippen molar-refractivity contribution in [1.82, 2.24) is 0 Å². The summed E-state index contributed by atoms with van der Waals surface area (Å²) in [5.41, 5.74) is 0.298. The quantitative estimate of drug-likeness (QED) is 0.719. The van der Waals surface area contributed by atoms with Gasteiger partial charge in [-0.2, -0.15) is 0 Å². The van der Waals surface area contributed by atoms with Crippen molar-refractivity contribution in [3.63, 3.8) is 0 Å². The molecule has 0 bridgehead atoms. The summed E-state index contributed by atoms with van der Waals surface area (Å²) in [6.07, 6.45) is -0.454. The lowest BCUT2D eigenvalue weighted by Crippen LogP contribution is -2.19. The third-order valence-electron chi connectivity index (χ3n) is 2.40. The molecular formula is C13H19NO6S. The number of anilines is 1. The van der Waals surface area contributed by atoms with Crippen LogP contribution in [0.2, 0.25) is 0 Å². The van der Waals surface area contributed by atoms with E-state index in [9.17, 15) is 13.2 Å². The minimum atomic E-state index is -3.71. The summed E-state index contributed by atoms with van der Waals surface area (Å²) in [7, 11) is -3.71. The maximum Gasteiger partial charge on any atom is 0.304 e. The van der Waals surface area contributed by atoms with E-state index in [0.717, 1.165) is 0 Å². The van der Waals surface area contributed by atoms with E-state index in [4.69, 9.17) is 14.6 Å². The monoisotopic (exact) mass is 317 g/mol. The predicted octanol–water partition coefficient (Wildman–Crippen LogP) is 1.70. The largest absolute Gasteiger partial charge is 0.490 e. The van der Waals surface area contributed by atoms with E-state index in [1.54, 1.807) is 13.0 Å². The van der Waals surface area contributed by atoms with Crippen molar-refractivity contribution in [1.29, 1.82) is 0 Å². The van der Waals surface area contributed by atoms with Crippen molar-refractivity contribution >= 4 is 21.7 Å². The van der Waals surface area contributed by atoms with Crippen LogP contribution in [0.3, 0.4) is 0 Å². The van der Waals surface area contributed by atoms with E-state index in [0.29, 0.717) is 30.4 Å². The highest BCUT2D eigenvalue weighted by Gasteiger charge is 2.14. The molecule has 0 aliphatic heterocycles. The van der Waals surface area contributed by atoms with Crippen LogP contribution in [-0.4, -0.2) is 38.5 Å². The van der Waals surface area contributed by atoms with Crippen LogP contribution >= 0.6 is 0 Å². The highest BCUT2D eigenvalue weighted by Crippen LogP contribution is 2.31. The molecule has 1 aromatic carbocycles. The Morgan fingerprint density at radius 3 is 2.38 bits per heavy atom. The zero-order valence-electron chi connectivity index (χ0n) is 12.0. The van der Waals surface area contributed by atoms with Crippen molar-refractivity contribution < 1.29 is 27.8 Å². The van der Waals surface area contributed by atoms with Gasteiger partial charge >= 0.3 is 5.97 Å². The zero-order valence-corrected chi connectivity index (χ0v) is 12.8. The predicted molar refractivity (Wildman–Crippen MR) is 78.4 cm³/mol. The number of carbonyl (C=O) groups is 1. The van der Waals surface area contributed by atoms with Crippen LogP contribution in [0.1, 0.15) is 20.3 Å². The van der Waals surface area contributed by atoms with E-state index >= 15 is 0 Å². The maximum absolute atomic E-state index is 11.7. The summed E-state index contributed by atoms with van der Waals surface area (Å²) in [6.45, 7) is 4.51. The molecule has 7 nitrogen and oxygen atoms in total. The number of sulfonamides is 1. The molecule has 0 unspecified atom stereocenters. The first-order chi connectivity index (χ1) is 9.88. The fourth-order valence-corrected chi connectivity index (χ4v) is 2.60. The third kappa shape index (κ3) is 5.90. The van der Waals surface area contributed by atoms with E-state index in [1.807, 2.05) is 6.92 Å². The Kier molecular flexibility index (Phi) is 6.29. The maximum atomic E-state index is 11.7. The second-order valence-electron chi connectivity index (χ2n) is 4.09. The summed E-state index contributed by atoms with van der Waals surface area (Å²) >= 11 is 0. The van der Waals surface area contributed by atoms with Gasteiger partial charge in [0.05, 0.1) is 31.1 Å². The van der Waals surface area contributed by atoms with E-state index in [2.05, 4.69) is 4.72 Å². The second-order valence-corrected chi connectivity index (χ2v) is 5.93. The molecule has 0 saturated carbocycles. The lowest BCUT2D eigenvalue weighted by Gasteiger charge is -2.13. The Hall–Kier alpha value is -1.96. The Balaban J connectivity index is 2.88. The van der Waals surface area contributed by atoms with E-state index < -0.39 is 28.2 Å². The lowest BCUT2D eigenvalue weighted by atomic mass is 10.3. The average molecular weight is 317 g/mol. The minimum Gasteiger partial charge on any atom is -0.490 e. The van der Waals surface area contributed by atoms with E-state index in [-0.39, 0.29) is 0 Å². The number of carboxylic acids is 1. The number of ether oxygens (including phenoxy) is 2. The van der Waals surface area contributed by atoms with Crippen molar-refractivity contribution in [3.05, 3.63) is 18.2 Å². The molecule has 0 saturated heterocycles. The molecule has 0 aliphatic carbocycles. The fourth-order valence-electron chi connectivity index (χ4n) is 1.57. The summed E-state index contributed by atoms with van der Waals surface area (Å²) in [5, 5.41) is 8.52. The van der Waals surface area contributed by atoms with Crippen LogP contribution in [-0.2, 0) is 14.8 Å². The van der Waals surface area contributed by atoms with Gasteiger partial charge in [0, 0.05) is 6.07 Å². The van der Waals surface area contributed by atoms with Gasteiger partial charge in [-0.05, 0) is 26.0 Å². The number of rotatable bonds is 9. The van der Waals surface area contributed by atoms with Gasteiger partial charge in [0.2, 0.25) is 10.0 Å². The topological polar surface area (TPSA) is 102 Å². The molecule has 0 fully saturated rings. The molecule has 0 heterocycles. The summed E-state index contributed by atoms with van der Waals surface area (Å²) in [4.78, 5) is 10.4. The third-order valence-corrected chi connectivity index (χ3v) is 3.69.